The van der Waals surface area contributed by atoms with Crippen molar-refractivity contribution in [2.75, 3.05) is 19.8 Å². The lowest BCUT2D eigenvalue weighted by Crippen LogP contribution is -2.63. The minimum Gasteiger partial charge on any atom is -0.481 e. The van der Waals surface area contributed by atoms with Crippen LogP contribution in [-0.2, 0) is 80.0 Å². The van der Waals surface area contributed by atoms with E-state index in [1.54, 1.807) is 18.2 Å². The standard InChI is InChI=1S/C48H71N13O20.C2HF3O2/c1-21(2)36(45(77)58-32(19-63)48(80)81)60-43(75)30(15-35(69)70)55-44(76)31(18-62)57-47(79)38(24(5)65)61-42(74)29(13-25-9-7-6-8-10-25)56-46(78)37(23(4)64)59-33(66)17-51-41(73)28(11-12-34(67)68)54-39(71)22(3)53-40(72)27(49)14-26-16-50-20-52-26;3-2(4,5)1(6)7/h6-10,16,20-24,27-32,36-38,62-65H,11-15,17-19,49H2,1-5H3,(H,50,52)(H,51,73)(H,53,72)(H,54,71)(H,55,76)(H,56,78)(H,57,79)(H,58,77)(H,59,66)(H,60,75)(H,61,74)(H,67,68)(H,69,70)(H,80,81);(H,6,7)/t22-,23+,24+,27-,28-,29-,30-,31-,32-,36-,37-,38-;/m0./s1. The van der Waals surface area contributed by atoms with Crippen LogP contribution in [0.25, 0.3) is 0 Å². The van der Waals surface area contributed by atoms with Crippen molar-refractivity contribution in [1.82, 2.24) is 63.1 Å². The fourth-order valence-electron chi connectivity index (χ4n) is 7.19. The van der Waals surface area contributed by atoms with Crippen molar-refractivity contribution >= 4 is 82.9 Å². The first kappa shape index (κ1) is 76.6. The number of aliphatic carboxylic acids is 4. The number of carboxylic acid groups (broad SMARTS) is 4. The number of hydrogen-bond acceptors (Lipinski definition) is 20. The number of halogens is 3. The van der Waals surface area contributed by atoms with Gasteiger partial charge in [0.25, 0.3) is 0 Å². The van der Waals surface area contributed by atoms with Gasteiger partial charge in [-0.3, -0.25) is 57.5 Å². The number of nitrogens with zero attached hydrogens (tertiary/aromatic N) is 1. The number of aliphatic hydroxyl groups excluding tert-OH is 4. The molecule has 1 aromatic carbocycles. The van der Waals surface area contributed by atoms with E-state index < -0.39 is 207 Å². The number of aliphatic hydroxyl groups is 4. The van der Waals surface area contributed by atoms with E-state index in [-0.39, 0.29) is 12.8 Å². The monoisotopic (exact) mass is 1260 g/mol. The van der Waals surface area contributed by atoms with E-state index in [0.29, 0.717) is 11.3 Å². The quantitative estimate of drug-likeness (QED) is 0.0305. The Kier molecular flexibility index (Phi) is 32.4. The lowest BCUT2D eigenvalue weighted by molar-refractivity contribution is -0.192. The number of imidazole rings is 1. The van der Waals surface area contributed by atoms with E-state index in [2.05, 4.69) is 52.5 Å². The van der Waals surface area contributed by atoms with Gasteiger partial charge in [0, 0.05) is 31.2 Å². The van der Waals surface area contributed by atoms with Crippen molar-refractivity contribution in [1.29, 1.82) is 0 Å². The average Bonchev–Trinajstić information content (AvgIpc) is 4.11. The third-order valence-electron chi connectivity index (χ3n) is 12.0. The van der Waals surface area contributed by atoms with Crippen LogP contribution in [0, 0.1) is 5.92 Å². The Morgan fingerprint density at radius 1 is 0.557 bits per heavy atom. The summed E-state index contributed by atoms with van der Waals surface area (Å²) in [6.45, 7) is 3.03. The molecule has 2 rings (SSSR count). The van der Waals surface area contributed by atoms with Gasteiger partial charge >= 0.3 is 30.1 Å². The molecule has 21 N–H and O–H groups in total. The third kappa shape index (κ3) is 27.8. The van der Waals surface area contributed by atoms with Crippen LogP contribution in [0.4, 0.5) is 13.2 Å². The van der Waals surface area contributed by atoms with Gasteiger partial charge in [-0.05, 0) is 38.7 Å². The number of aromatic nitrogens is 2. The van der Waals surface area contributed by atoms with Crippen molar-refractivity contribution in [2.45, 2.75) is 146 Å². The lowest BCUT2D eigenvalue weighted by atomic mass is 10.0. The molecule has 35 nitrogen and oxygen atoms in total. The van der Waals surface area contributed by atoms with E-state index in [1.807, 2.05) is 10.6 Å². The summed E-state index contributed by atoms with van der Waals surface area (Å²) in [7, 11) is 0. The Balaban J connectivity index is 0.00000519. The molecule has 0 aliphatic carbocycles. The van der Waals surface area contributed by atoms with Gasteiger partial charge < -0.3 is 105 Å². The minimum absolute atomic E-state index is 0.0367. The second kappa shape index (κ2) is 37.2. The molecule has 0 radical (unpaired) electrons. The summed E-state index contributed by atoms with van der Waals surface area (Å²) in [5.41, 5.74) is 6.85. The van der Waals surface area contributed by atoms with Crippen molar-refractivity contribution in [3.63, 3.8) is 0 Å². The number of rotatable bonds is 35. The van der Waals surface area contributed by atoms with Crippen LogP contribution in [0.3, 0.4) is 0 Å². The van der Waals surface area contributed by atoms with Gasteiger partial charge in [0.15, 0.2) is 0 Å². The average molecular weight is 1260 g/mol. The highest BCUT2D eigenvalue weighted by molar-refractivity contribution is 5.99. The highest BCUT2D eigenvalue weighted by Gasteiger charge is 2.39. The highest BCUT2D eigenvalue weighted by atomic mass is 19.4. The number of carboxylic acids is 4. The number of nitrogens with one attached hydrogen (secondary N) is 11. The maximum absolute atomic E-state index is 14.0. The van der Waals surface area contributed by atoms with Gasteiger partial charge in [0.2, 0.25) is 59.1 Å². The second-order valence-corrected chi connectivity index (χ2v) is 19.6. The van der Waals surface area contributed by atoms with Crippen LogP contribution in [0.2, 0.25) is 0 Å². The van der Waals surface area contributed by atoms with Crippen molar-refractivity contribution in [3.05, 3.63) is 54.1 Å². The molecule has 0 aliphatic rings. The van der Waals surface area contributed by atoms with E-state index in [4.69, 9.17) is 15.6 Å². The van der Waals surface area contributed by atoms with Crippen molar-refractivity contribution < 1.29 is 121 Å². The molecule has 0 spiro atoms. The zero-order valence-electron chi connectivity index (χ0n) is 47.7. The molecule has 0 unspecified atom stereocenters. The van der Waals surface area contributed by atoms with Gasteiger partial charge in [-0.25, -0.2) is 14.6 Å². The van der Waals surface area contributed by atoms with Crippen LogP contribution in [0.15, 0.2) is 42.9 Å². The smallest absolute Gasteiger partial charge is 0.481 e. The number of nitrogens with two attached hydrogens (primary N) is 1. The van der Waals surface area contributed by atoms with E-state index >= 15 is 0 Å². The Labute approximate surface area is 497 Å². The van der Waals surface area contributed by atoms with Crippen LogP contribution in [-0.4, -0.2) is 232 Å². The third-order valence-corrected chi connectivity index (χ3v) is 12.0. The molecule has 2 aromatic rings. The maximum Gasteiger partial charge on any atom is 0.490 e. The molecule has 1 heterocycles. The molecule has 0 saturated heterocycles. The van der Waals surface area contributed by atoms with Crippen LogP contribution < -0.4 is 58.9 Å². The number of carbonyl (C=O) groups is 14. The summed E-state index contributed by atoms with van der Waals surface area (Å²) < 4.78 is 31.7. The van der Waals surface area contributed by atoms with Gasteiger partial charge in [-0.15, -0.1) is 0 Å². The van der Waals surface area contributed by atoms with E-state index in [9.17, 15) is 111 Å². The first-order valence-electron chi connectivity index (χ1n) is 26.2. The fraction of sp³-hybridized carbons (Fsp3) is 0.540. The molecule has 490 valence electrons. The predicted molar refractivity (Wildman–Crippen MR) is 289 cm³/mol. The molecule has 1 aromatic heterocycles. The van der Waals surface area contributed by atoms with Crippen LogP contribution >= 0.6 is 0 Å². The molecule has 88 heavy (non-hydrogen) atoms. The summed E-state index contributed by atoms with van der Waals surface area (Å²) in [6, 6.07) is -9.04. The van der Waals surface area contributed by atoms with Crippen molar-refractivity contribution in [3.8, 4) is 0 Å². The zero-order valence-corrected chi connectivity index (χ0v) is 47.7. The second-order valence-electron chi connectivity index (χ2n) is 19.6. The molecule has 0 bridgehead atoms. The lowest BCUT2D eigenvalue weighted by Gasteiger charge is -2.28. The SMILES string of the molecule is CC(C)[C@H](NC(=O)[C@H](CC(=O)O)NC(=O)[C@H](CO)NC(=O)[C@@H](NC(=O)[C@H](Cc1ccccc1)NC(=O)[C@@H](NC(=O)CNC(=O)[C@H](CCC(=O)O)NC(=O)[C@H](C)NC(=O)[C@@H](N)Cc1cnc[nH]1)[C@@H](C)O)[C@@H](C)O)C(=O)N[C@@H](CO)C(=O)O.O=C(O)C(F)(F)F. The predicted octanol–water partition coefficient (Wildman–Crippen LogP) is -7.52. The van der Waals surface area contributed by atoms with Crippen LogP contribution in [0.1, 0.15) is 65.1 Å². The number of benzene rings is 1. The first-order chi connectivity index (χ1) is 40.9. The number of H-pyrrole nitrogens is 1. The van der Waals surface area contributed by atoms with Gasteiger partial charge in [0.1, 0.15) is 54.4 Å². The topological polar surface area (TPSA) is 576 Å². The number of aromatic amines is 1. The Morgan fingerprint density at radius 2 is 1.03 bits per heavy atom. The molecule has 0 saturated carbocycles. The largest absolute Gasteiger partial charge is 0.490 e. The summed E-state index contributed by atoms with van der Waals surface area (Å²) in [5.74, 6) is -19.5. The zero-order chi connectivity index (χ0) is 67.3. The normalized spacial score (nSPS) is 15.2. The molecule has 10 amide bonds. The number of carbonyl (C=O) groups excluding carboxylic acids is 10. The summed E-state index contributed by atoms with van der Waals surface area (Å²) in [6.07, 6.45) is -8.34. The molecule has 0 aliphatic heterocycles. The molecule has 38 heteroatoms. The van der Waals surface area contributed by atoms with E-state index in [0.717, 1.165) is 13.8 Å². The number of alkyl halides is 3. The maximum atomic E-state index is 14.0. The highest BCUT2D eigenvalue weighted by Crippen LogP contribution is 2.13. The summed E-state index contributed by atoms with van der Waals surface area (Å²) >= 11 is 0. The first-order valence-corrected chi connectivity index (χ1v) is 26.2. The summed E-state index contributed by atoms with van der Waals surface area (Å²) in [5, 5.41) is 97.8. The Bertz CT molecular complexity index is 2740. The molecular weight excluding hydrogens is 1190 g/mol. The van der Waals surface area contributed by atoms with Gasteiger partial charge in [-0.1, -0.05) is 44.2 Å². The number of hydrogen-bond donors (Lipinski definition) is 20. The van der Waals surface area contributed by atoms with Gasteiger partial charge in [-0.2, -0.15) is 13.2 Å². The molecule has 12 atom stereocenters. The minimum atomic E-state index is -5.08. The van der Waals surface area contributed by atoms with Crippen molar-refractivity contribution in [2.24, 2.45) is 11.7 Å². The van der Waals surface area contributed by atoms with Gasteiger partial charge in [0.05, 0.1) is 50.8 Å². The summed E-state index contributed by atoms with van der Waals surface area (Å²) in [4.78, 5) is 183. The Hall–Kier alpha value is -9.40. The molecular formula is C50H72F3N13O22. The number of amides is 10. The van der Waals surface area contributed by atoms with Crippen LogP contribution in [0.5, 0.6) is 0 Å². The fourth-order valence-corrected chi connectivity index (χ4v) is 7.19. The molecule has 0 fully saturated rings. The van der Waals surface area contributed by atoms with E-state index in [1.165, 1.54) is 45.4 Å². The Morgan fingerprint density at radius 3 is 1.51 bits per heavy atom.